The topological polar surface area (TPSA) is 44.5 Å². The van der Waals surface area contributed by atoms with E-state index in [4.69, 9.17) is 15.2 Å². The molecule has 1 heterocycles. The molecule has 0 saturated carbocycles. The molecule has 1 aliphatic carbocycles. The van der Waals surface area contributed by atoms with Gasteiger partial charge in [-0.2, -0.15) is 0 Å². The number of nitrogens with two attached hydrogens (primary N) is 1. The first-order chi connectivity index (χ1) is 7.38. The maximum Gasteiger partial charge on any atom is 0.231 e. The van der Waals surface area contributed by atoms with Gasteiger partial charge in [-0.05, 0) is 41.7 Å². The molecule has 2 aliphatic rings. The zero-order valence-electron chi connectivity index (χ0n) is 8.45. The van der Waals surface area contributed by atoms with Crippen LogP contribution >= 0.6 is 0 Å². The third kappa shape index (κ3) is 1.31. The van der Waals surface area contributed by atoms with Crippen molar-refractivity contribution < 1.29 is 9.47 Å². The van der Waals surface area contributed by atoms with Crippen molar-refractivity contribution in [3.8, 4) is 11.5 Å². The van der Waals surface area contributed by atoms with E-state index >= 15 is 0 Å². The number of rotatable bonds is 1. The summed E-state index contributed by atoms with van der Waals surface area (Å²) in [6.45, 7) is 0.923. The van der Waals surface area contributed by atoms with E-state index in [1.807, 2.05) is 0 Å². The highest BCUT2D eigenvalue weighted by atomic mass is 16.7. The Balaban J connectivity index is 2.14. The third-order valence-electron chi connectivity index (χ3n) is 2.97. The van der Waals surface area contributed by atoms with Gasteiger partial charge in [0.2, 0.25) is 6.79 Å². The Hall–Kier alpha value is -1.48. The van der Waals surface area contributed by atoms with Gasteiger partial charge in [-0.3, -0.25) is 0 Å². The molecule has 3 heteroatoms. The highest BCUT2D eigenvalue weighted by Crippen LogP contribution is 2.38. The highest BCUT2D eigenvalue weighted by molar-refractivity contribution is 5.74. The first-order valence-corrected chi connectivity index (χ1v) is 5.20. The molecule has 78 valence electrons. The summed E-state index contributed by atoms with van der Waals surface area (Å²) in [5, 5.41) is 0. The Morgan fingerprint density at radius 2 is 2.00 bits per heavy atom. The molecule has 0 bridgehead atoms. The minimum absolute atomic E-state index is 0.333. The van der Waals surface area contributed by atoms with Gasteiger partial charge >= 0.3 is 0 Å². The molecule has 0 aromatic heterocycles. The Labute approximate surface area is 88.5 Å². The number of hydrogen-bond donors (Lipinski definition) is 1. The van der Waals surface area contributed by atoms with Crippen LogP contribution in [0.1, 0.15) is 17.5 Å². The molecular formula is C12H13NO2. The van der Waals surface area contributed by atoms with Crippen LogP contribution in [0.15, 0.2) is 18.2 Å². The summed E-state index contributed by atoms with van der Waals surface area (Å²) in [5.74, 6) is 1.71. The van der Waals surface area contributed by atoms with Crippen molar-refractivity contribution in [1.29, 1.82) is 0 Å². The van der Waals surface area contributed by atoms with Crippen molar-refractivity contribution >= 4 is 5.57 Å². The van der Waals surface area contributed by atoms with Crippen molar-refractivity contribution in [1.82, 2.24) is 0 Å². The van der Waals surface area contributed by atoms with E-state index in [9.17, 15) is 0 Å². The average molecular weight is 203 g/mol. The number of fused-ring (bicyclic) bond motifs is 2. The smallest absolute Gasteiger partial charge is 0.231 e. The van der Waals surface area contributed by atoms with Crippen LogP contribution in [-0.4, -0.2) is 13.3 Å². The molecular weight excluding hydrogens is 190 g/mol. The monoisotopic (exact) mass is 203 g/mol. The number of benzene rings is 1. The molecule has 0 radical (unpaired) electrons. The predicted molar refractivity (Wildman–Crippen MR) is 57.9 cm³/mol. The molecule has 1 aliphatic heterocycles. The van der Waals surface area contributed by atoms with Gasteiger partial charge in [0.25, 0.3) is 0 Å². The van der Waals surface area contributed by atoms with Gasteiger partial charge < -0.3 is 15.2 Å². The fourth-order valence-corrected chi connectivity index (χ4v) is 2.19. The minimum atomic E-state index is 0.333. The largest absolute Gasteiger partial charge is 0.454 e. The van der Waals surface area contributed by atoms with E-state index in [-0.39, 0.29) is 0 Å². The Bertz CT molecular complexity index is 437. The highest BCUT2D eigenvalue weighted by Gasteiger charge is 2.19. The second-order valence-electron chi connectivity index (χ2n) is 3.83. The SMILES string of the molecule is NCC1=CCCc2cc3c(cc21)OCO3. The number of allylic oxidation sites excluding steroid dienone is 1. The van der Waals surface area contributed by atoms with Crippen LogP contribution in [0.2, 0.25) is 0 Å². The fourth-order valence-electron chi connectivity index (χ4n) is 2.19. The van der Waals surface area contributed by atoms with Gasteiger partial charge in [-0.25, -0.2) is 0 Å². The molecule has 1 aromatic rings. The maximum absolute atomic E-state index is 5.72. The molecule has 15 heavy (non-hydrogen) atoms. The number of hydrogen-bond acceptors (Lipinski definition) is 3. The zero-order chi connectivity index (χ0) is 10.3. The standard InChI is InChI=1S/C12H13NO2/c13-6-9-3-1-2-8-4-11-12(5-10(8)9)15-7-14-11/h3-5H,1-2,6-7,13H2. The average Bonchev–Trinajstić information content (AvgIpc) is 2.72. The van der Waals surface area contributed by atoms with Crippen LogP contribution in [0.5, 0.6) is 11.5 Å². The van der Waals surface area contributed by atoms with Gasteiger partial charge in [-0.15, -0.1) is 0 Å². The molecule has 2 N–H and O–H groups in total. The third-order valence-corrected chi connectivity index (χ3v) is 2.97. The first-order valence-electron chi connectivity index (χ1n) is 5.20. The van der Waals surface area contributed by atoms with E-state index in [0.29, 0.717) is 13.3 Å². The quantitative estimate of drug-likeness (QED) is 0.755. The van der Waals surface area contributed by atoms with Crippen LogP contribution in [0.25, 0.3) is 5.57 Å². The van der Waals surface area contributed by atoms with Gasteiger partial charge in [0, 0.05) is 6.54 Å². The lowest BCUT2D eigenvalue weighted by atomic mass is 9.90. The molecule has 0 unspecified atom stereocenters. The van der Waals surface area contributed by atoms with E-state index in [0.717, 1.165) is 24.3 Å². The summed E-state index contributed by atoms with van der Waals surface area (Å²) in [6, 6.07) is 4.13. The Kier molecular flexibility index (Phi) is 1.92. The lowest BCUT2D eigenvalue weighted by molar-refractivity contribution is 0.174. The summed E-state index contributed by atoms with van der Waals surface area (Å²) < 4.78 is 10.7. The van der Waals surface area contributed by atoms with Crippen LogP contribution < -0.4 is 15.2 Å². The van der Waals surface area contributed by atoms with E-state index in [2.05, 4.69) is 18.2 Å². The number of ether oxygens (including phenoxy) is 2. The lowest BCUT2D eigenvalue weighted by Crippen LogP contribution is -2.08. The van der Waals surface area contributed by atoms with Gasteiger partial charge in [0.15, 0.2) is 11.5 Å². The molecule has 0 atom stereocenters. The van der Waals surface area contributed by atoms with E-state index < -0.39 is 0 Å². The summed E-state index contributed by atoms with van der Waals surface area (Å²) in [6.07, 6.45) is 4.35. The molecule has 3 rings (SSSR count). The molecule has 0 spiro atoms. The second kappa shape index (κ2) is 3.28. The Morgan fingerprint density at radius 3 is 2.80 bits per heavy atom. The fraction of sp³-hybridized carbons (Fsp3) is 0.333. The van der Waals surface area contributed by atoms with Gasteiger partial charge in [0.1, 0.15) is 0 Å². The molecule has 0 saturated heterocycles. The van der Waals surface area contributed by atoms with E-state index in [1.54, 1.807) is 0 Å². The normalized spacial score (nSPS) is 17.3. The summed E-state index contributed by atoms with van der Waals surface area (Å²) in [4.78, 5) is 0. The summed E-state index contributed by atoms with van der Waals surface area (Å²) in [5.41, 5.74) is 9.49. The van der Waals surface area contributed by atoms with Crippen LogP contribution in [0, 0.1) is 0 Å². The molecule has 0 amide bonds. The second-order valence-corrected chi connectivity index (χ2v) is 3.83. The minimum Gasteiger partial charge on any atom is -0.454 e. The van der Waals surface area contributed by atoms with Crippen molar-refractivity contribution in [3.05, 3.63) is 29.3 Å². The van der Waals surface area contributed by atoms with E-state index in [1.165, 1.54) is 16.7 Å². The van der Waals surface area contributed by atoms with Crippen molar-refractivity contribution in [2.75, 3.05) is 13.3 Å². The van der Waals surface area contributed by atoms with Crippen molar-refractivity contribution in [2.24, 2.45) is 5.73 Å². The van der Waals surface area contributed by atoms with Crippen molar-refractivity contribution in [3.63, 3.8) is 0 Å². The van der Waals surface area contributed by atoms with Crippen LogP contribution in [-0.2, 0) is 6.42 Å². The maximum atomic E-state index is 5.72. The van der Waals surface area contributed by atoms with Crippen LogP contribution in [0.3, 0.4) is 0 Å². The Morgan fingerprint density at radius 1 is 1.20 bits per heavy atom. The molecule has 1 aromatic carbocycles. The number of aryl methyl sites for hydroxylation is 1. The molecule has 3 nitrogen and oxygen atoms in total. The van der Waals surface area contributed by atoms with Crippen LogP contribution in [0.4, 0.5) is 0 Å². The lowest BCUT2D eigenvalue weighted by Gasteiger charge is -2.17. The molecule has 0 fully saturated rings. The summed E-state index contributed by atoms with van der Waals surface area (Å²) in [7, 11) is 0. The predicted octanol–water partition coefficient (Wildman–Crippen LogP) is 1.70. The first kappa shape index (κ1) is 8.80. The van der Waals surface area contributed by atoms with Gasteiger partial charge in [-0.1, -0.05) is 6.08 Å². The zero-order valence-corrected chi connectivity index (χ0v) is 8.45. The van der Waals surface area contributed by atoms with Gasteiger partial charge in [0.05, 0.1) is 0 Å². The summed E-state index contributed by atoms with van der Waals surface area (Å²) >= 11 is 0. The van der Waals surface area contributed by atoms with Crippen molar-refractivity contribution in [2.45, 2.75) is 12.8 Å².